The Morgan fingerprint density at radius 3 is 2.33 bits per heavy atom. The van der Waals surface area contributed by atoms with Crippen LogP contribution in [0, 0.1) is 0 Å². The molecule has 2 aromatic carbocycles. The van der Waals surface area contributed by atoms with Gasteiger partial charge in [-0.1, -0.05) is 24.3 Å². The molecule has 0 spiro atoms. The number of hydrogen-bond acceptors (Lipinski definition) is 4. The standard InChI is InChI=1S/C20H24N2O5/c1-26-10-3-11-27-18-5-2-4-16(12-18)14-22-20(25)21-13-15-6-8-17(9-7-15)19(23)24/h2,4-9,12H,3,10-11,13-14H2,1H3,(H,23,24)(H2,21,22,25). The van der Waals surface area contributed by atoms with Crippen LogP contribution in [-0.2, 0) is 17.8 Å². The molecule has 0 saturated heterocycles. The Hall–Kier alpha value is -3.06. The number of benzene rings is 2. The zero-order valence-corrected chi connectivity index (χ0v) is 15.2. The summed E-state index contributed by atoms with van der Waals surface area (Å²) in [6.45, 7) is 1.92. The van der Waals surface area contributed by atoms with Crippen molar-refractivity contribution in [2.45, 2.75) is 19.5 Å². The number of aromatic carboxylic acids is 1. The average Bonchev–Trinajstić information content (AvgIpc) is 2.69. The molecular weight excluding hydrogens is 348 g/mol. The third-order valence-corrected chi connectivity index (χ3v) is 3.77. The summed E-state index contributed by atoms with van der Waals surface area (Å²) in [4.78, 5) is 22.7. The summed E-state index contributed by atoms with van der Waals surface area (Å²) in [5.74, 6) is -0.221. The van der Waals surface area contributed by atoms with Gasteiger partial charge in [-0.05, 0) is 35.4 Å². The zero-order chi connectivity index (χ0) is 19.5. The number of urea groups is 1. The minimum atomic E-state index is -0.975. The number of methoxy groups -OCH3 is 1. The maximum Gasteiger partial charge on any atom is 0.335 e. The highest BCUT2D eigenvalue weighted by Gasteiger charge is 2.04. The van der Waals surface area contributed by atoms with Gasteiger partial charge >= 0.3 is 12.0 Å². The normalized spacial score (nSPS) is 10.3. The molecule has 27 heavy (non-hydrogen) atoms. The number of ether oxygens (including phenoxy) is 2. The van der Waals surface area contributed by atoms with Gasteiger partial charge in [-0.25, -0.2) is 9.59 Å². The van der Waals surface area contributed by atoms with Crippen molar-refractivity contribution in [2.75, 3.05) is 20.3 Å². The van der Waals surface area contributed by atoms with E-state index in [1.807, 2.05) is 24.3 Å². The topological polar surface area (TPSA) is 96.9 Å². The molecule has 0 aromatic heterocycles. The lowest BCUT2D eigenvalue weighted by atomic mass is 10.1. The number of rotatable bonds is 10. The summed E-state index contributed by atoms with van der Waals surface area (Å²) in [6, 6.07) is 13.6. The highest BCUT2D eigenvalue weighted by Crippen LogP contribution is 2.13. The first-order chi connectivity index (χ1) is 13.1. The SMILES string of the molecule is COCCCOc1cccc(CNC(=O)NCc2ccc(C(=O)O)cc2)c1. The quantitative estimate of drug-likeness (QED) is 0.557. The van der Waals surface area contributed by atoms with E-state index in [0.717, 1.165) is 23.3 Å². The van der Waals surface area contributed by atoms with Gasteiger partial charge in [-0.2, -0.15) is 0 Å². The summed E-state index contributed by atoms with van der Waals surface area (Å²) in [5.41, 5.74) is 1.97. The fraction of sp³-hybridized carbons (Fsp3) is 0.300. The van der Waals surface area contributed by atoms with Gasteiger partial charge in [0.25, 0.3) is 0 Å². The van der Waals surface area contributed by atoms with Gasteiger partial charge in [-0.3, -0.25) is 0 Å². The van der Waals surface area contributed by atoms with E-state index in [-0.39, 0.29) is 11.6 Å². The van der Waals surface area contributed by atoms with Gasteiger partial charge in [0.15, 0.2) is 0 Å². The van der Waals surface area contributed by atoms with Gasteiger partial charge in [0.1, 0.15) is 5.75 Å². The van der Waals surface area contributed by atoms with E-state index in [4.69, 9.17) is 14.6 Å². The summed E-state index contributed by atoms with van der Waals surface area (Å²) < 4.78 is 10.6. The number of carbonyl (C=O) groups is 2. The van der Waals surface area contributed by atoms with Gasteiger partial charge in [0.05, 0.1) is 12.2 Å². The molecule has 0 aliphatic heterocycles. The van der Waals surface area contributed by atoms with Crippen LogP contribution in [0.25, 0.3) is 0 Å². The molecule has 0 heterocycles. The first kappa shape index (κ1) is 20.3. The van der Waals surface area contributed by atoms with Gasteiger partial charge in [0.2, 0.25) is 0 Å². The number of nitrogens with one attached hydrogen (secondary N) is 2. The average molecular weight is 372 g/mol. The maximum atomic E-state index is 11.9. The minimum absolute atomic E-state index is 0.215. The number of carbonyl (C=O) groups excluding carboxylic acids is 1. The Labute approximate surface area is 158 Å². The summed E-state index contributed by atoms with van der Waals surface area (Å²) in [6.07, 6.45) is 0.814. The summed E-state index contributed by atoms with van der Waals surface area (Å²) in [5, 5.41) is 14.4. The minimum Gasteiger partial charge on any atom is -0.493 e. The molecule has 0 fully saturated rings. The van der Waals surface area contributed by atoms with E-state index >= 15 is 0 Å². The van der Waals surface area contributed by atoms with E-state index in [0.29, 0.717) is 26.3 Å². The van der Waals surface area contributed by atoms with Crippen LogP contribution in [-0.4, -0.2) is 37.4 Å². The van der Waals surface area contributed by atoms with Crippen LogP contribution < -0.4 is 15.4 Å². The molecule has 2 aromatic rings. The molecule has 3 N–H and O–H groups in total. The van der Waals surface area contributed by atoms with E-state index in [1.165, 1.54) is 12.1 Å². The van der Waals surface area contributed by atoms with Crippen LogP contribution in [0.3, 0.4) is 0 Å². The lowest BCUT2D eigenvalue weighted by Gasteiger charge is -2.10. The van der Waals surface area contributed by atoms with Crippen molar-refractivity contribution in [3.63, 3.8) is 0 Å². The molecule has 144 valence electrons. The van der Waals surface area contributed by atoms with E-state index in [2.05, 4.69) is 10.6 Å². The zero-order valence-electron chi connectivity index (χ0n) is 15.2. The predicted octanol–water partition coefficient (Wildman–Crippen LogP) is 2.80. The van der Waals surface area contributed by atoms with Crippen LogP contribution in [0.1, 0.15) is 27.9 Å². The third-order valence-electron chi connectivity index (χ3n) is 3.77. The first-order valence-corrected chi connectivity index (χ1v) is 8.63. The Balaban J connectivity index is 1.74. The summed E-state index contributed by atoms with van der Waals surface area (Å²) >= 11 is 0. The second-order valence-corrected chi connectivity index (χ2v) is 5.88. The molecule has 0 atom stereocenters. The Morgan fingerprint density at radius 1 is 0.963 bits per heavy atom. The number of carboxylic acids is 1. The van der Waals surface area contributed by atoms with Crippen LogP contribution in [0.2, 0.25) is 0 Å². The number of carboxylic acid groups (broad SMARTS) is 1. The fourth-order valence-corrected chi connectivity index (χ4v) is 2.33. The van der Waals surface area contributed by atoms with E-state index < -0.39 is 5.97 Å². The smallest absolute Gasteiger partial charge is 0.335 e. The lowest BCUT2D eigenvalue weighted by molar-refractivity contribution is 0.0697. The molecule has 0 aliphatic carbocycles. The summed E-state index contributed by atoms with van der Waals surface area (Å²) in [7, 11) is 1.66. The molecule has 0 aliphatic rings. The lowest BCUT2D eigenvalue weighted by Crippen LogP contribution is -2.34. The van der Waals surface area contributed by atoms with E-state index in [9.17, 15) is 9.59 Å². The van der Waals surface area contributed by atoms with Crippen LogP contribution in [0.4, 0.5) is 4.79 Å². The van der Waals surface area contributed by atoms with Crippen LogP contribution >= 0.6 is 0 Å². The van der Waals surface area contributed by atoms with E-state index in [1.54, 1.807) is 19.2 Å². The largest absolute Gasteiger partial charge is 0.493 e. The Kier molecular flexibility index (Phi) is 8.12. The molecular formula is C20H24N2O5. The van der Waals surface area contributed by atoms with Crippen molar-refractivity contribution >= 4 is 12.0 Å². The molecule has 0 unspecified atom stereocenters. The van der Waals surface area contributed by atoms with Gasteiger partial charge in [0, 0.05) is 33.2 Å². The highest BCUT2D eigenvalue weighted by atomic mass is 16.5. The van der Waals surface area contributed by atoms with Crippen molar-refractivity contribution in [1.29, 1.82) is 0 Å². The molecule has 7 nitrogen and oxygen atoms in total. The molecule has 2 rings (SSSR count). The van der Waals surface area contributed by atoms with Crippen molar-refractivity contribution in [3.8, 4) is 5.75 Å². The van der Waals surface area contributed by atoms with Gasteiger partial charge < -0.3 is 25.2 Å². The number of amides is 2. The second kappa shape index (κ2) is 10.8. The molecule has 0 radical (unpaired) electrons. The van der Waals surface area contributed by atoms with Crippen molar-refractivity contribution in [1.82, 2.24) is 10.6 Å². The van der Waals surface area contributed by atoms with Gasteiger partial charge in [-0.15, -0.1) is 0 Å². The highest BCUT2D eigenvalue weighted by molar-refractivity contribution is 5.87. The van der Waals surface area contributed by atoms with Crippen molar-refractivity contribution < 1.29 is 24.2 Å². The maximum absolute atomic E-state index is 11.9. The molecule has 0 bridgehead atoms. The van der Waals surface area contributed by atoms with Crippen molar-refractivity contribution in [2.24, 2.45) is 0 Å². The predicted molar refractivity (Wildman–Crippen MR) is 101 cm³/mol. The Bertz CT molecular complexity index is 746. The van der Waals surface area contributed by atoms with Crippen LogP contribution in [0.15, 0.2) is 48.5 Å². The van der Waals surface area contributed by atoms with Crippen LogP contribution in [0.5, 0.6) is 5.75 Å². The molecule has 7 heteroatoms. The fourth-order valence-electron chi connectivity index (χ4n) is 2.33. The first-order valence-electron chi connectivity index (χ1n) is 8.63. The number of hydrogen-bond donors (Lipinski definition) is 3. The Morgan fingerprint density at radius 2 is 1.67 bits per heavy atom. The van der Waals surface area contributed by atoms with Crippen molar-refractivity contribution in [3.05, 3.63) is 65.2 Å². The molecule has 2 amide bonds. The monoisotopic (exact) mass is 372 g/mol. The second-order valence-electron chi connectivity index (χ2n) is 5.88. The molecule has 0 saturated carbocycles. The third kappa shape index (κ3) is 7.37.